The summed E-state index contributed by atoms with van der Waals surface area (Å²) in [6.45, 7) is 7.88. The predicted octanol–water partition coefficient (Wildman–Crippen LogP) is 2.58. The summed E-state index contributed by atoms with van der Waals surface area (Å²) in [5.41, 5.74) is 0. The zero-order chi connectivity index (χ0) is 11.8. The first-order chi connectivity index (χ1) is 7.02. The number of ether oxygens (including phenoxy) is 1. The quantitative estimate of drug-likeness (QED) is 0.612. The number of carbonyl (C=O) groups is 2. The van der Waals surface area contributed by atoms with Crippen LogP contribution < -0.4 is 0 Å². The lowest BCUT2D eigenvalue weighted by Crippen LogP contribution is -2.18. The number of esters is 1. The Morgan fingerprint density at radius 1 is 1.07 bits per heavy atom. The van der Waals surface area contributed by atoms with Crippen LogP contribution in [0, 0.1) is 11.8 Å². The summed E-state index contributed by atoms with van der Waals surface area (Å²) in [5, 5.41) is 0. The lowest BCUT2D eigenvalue weighted by Gasteiger charge is -2.10. The number of hydrogen-bond acceptors (Lipinski definition) is 3. The Kier molecular flexibility index (Phi) is 7.01. The van der Waals surface area contributed by atoms with Crippen molar-refractivity contribution in [2.24, 2.45) is 11.8 Å². The third kappa shape index (κ3) is 5.55. The van der Waals surface area contributed by atoms with E-state index in [2.05, 4.69) is 0 Å². The van der Waals surface area contributed by atoms with Gasteiger partial charge in [-0.3, -0.25) is 9.59 Å². The highest BCUT2D eigenvalue weighted by Gasteiger charge is 2.14. The van der Waals surface area contributed by atoms with Crippen LogP contribution in [-0.4, -0.2) is 18.4 Å². The molecule has 0 rings (SSSR count). The molecule has 3 nitrogen and oxygen atoms in total. The third-order valence-electron chi connectivity index (χ3n) is 2.77. The average Bonchev–Trinajstić information content (AvgIpc) is 2.26. The molecule has 0 aliphatic carbocycles. The van der Waals surface area contributed by atoms with Gasteiger partial charge in [0.15, 0.2) is 0 Å². The van der Waals surface area contributed by atoms with Crippen LogP contribution in [0.2, 0.25) is 0 Å². The second-order valence-corrected chi connectivity index (χ2v) is 4.00. The van der Waals surface area contributed by atoms with Crippen LogP contribution in [0.4, 0.5) is 0 Å². The van der Waals surface area contributed by atoms with E-state index in [1.54, 1.807) is 0 Å². The van der Waals surface area contributed by atoms with Gasteiger partial charge in [-0.1, -0.05) is 27.7 Å². The molecule has 0 aromatic carbocycles. The summed E-state index contributed by atoms with van der Waals surface area (Å²) in [5.74, 6) is -0.0140. The van der Waals surface area contributed by atoms with Crippen LogP contribution in [0.5, 0.6) is 0 Å². The molecule has 88 valence electrons. The third-order valence-corrected chi connectivity index (χ3v) is 2.77. The summed E-state index contributed by atoms with van der Waals surface area (Å²) in [7, 11) is 0. The molecule has 0 bridgehead atoms. The van der Waals surface area contributed by atoms with E-state index < -0.39 is 0 Å². The Morgan fingerprint density at radius 3 is 2.07 bits per heavy atom. The van der Waals surface area contributed by atoms with Gasteiger partial charge >= 0.3 is 5.97 Å². The fraction of sp³-hybridized carbons (Fsp3) is 0.833. The van der Waals surface area contributed by atoms with Crippen LogP contribution in [0.3, 0.4) is 0 Å². The second kappa shape index (κ2) is 7.43. The van der Waals surface area contributed by atoms with E-state index >= 15 is 0 Å². The molecule has 0 aromatic rings. The zero-order valence-corrected chi connectivity index (χ0v) is 10.2. The van der Waals surface area contributed by atoms with Crippen molar-refractivity contribution in [3.63, 3.8) is 0 Å². The largest absolute Gasteiger partial charge is 0.465 e. The number of hydrogen-bond donors (Lipinski definition) is 0. The molecule has 0 heterocycles. The van der Waals surface area contributed by atoms with Crippen molar-refractivity contribution < 1.29 is 14.3 Å². The summed E-state index contributed by atoms with van der Waals surface area (Å²) in [4.78, 5) is 22.7. The Hall–Kier alpha value is -0.860. The zero-order valence-electron chi connectivity index (χ0n) is 10.2. The van der Waals surface area contributed by atoms with Crippen molar-refractivity contribution in [2.45, 2.75) is 47.0 Å². The molecule has 0 aromatic heterocycles. The summed E-state index contributed by atoms with van der Waals surface area (Å²) >= 11 is 0. The first-order valence-corrected chi connectivity index (χ1v) is 5.72. The predicted molar refractivity (Wildman–Crippen MR) is 59.5 cm³/mol. The van der Waals surface area contributed by atoms with Gasteiger partial charge in [0.1, 0.15) is 5.78 Å². The smallest absolute Gasteiger partial charge is 0.308 e. The minimum atomic E-state index is -0.200. The van der Waals surface area contributed by atoms with Gasteiger partial charge in [0.05, 0.1) is 12.5 Å². The van der Waals surface area contributed by atoms with Crippen LogP contribution >= 0.6 is 0 Å². The fourth-order valence-electron chi connectivity index (χ4n) is 1.04. The van der Waals surface area contributed by atoms with Gasteiger partial charge in [0.2, 0.25) is 0 Å². The fourth-order valence-corrected chi connectivity index (χ4v) is 1.04. The highest BCUT2D eigenvalue weighted by Crippen LogP contribution is 2.07. The van der Waals surface area contributed by atoms with E-state index in [-0.39, 0.29) is 30.2 Å². The van der Waals surface area contributed by atoms with Crippen LogP contribution in [-0.2, 0) is 14.3 Å². The van der Waals surface area contributed by atoms with Gasteiger partial charge in [0, 0.05) is 12.3 Å². The van der Waals surface area contributed by atoms with Crippen molar-refractivity contribution in [1.82, 2.24) is 0 Å². The highest BCUT2D eigenvalue weighted by molar-refractivity contribution is 5.81. The molecule has 0 saturated heterocycles. The molecule has 0 radical (unpaired) electrons. The van der Waals surface area contributed by atoms with Crippen molar-refractivity contribution >= 4 is 11.8 Å². The first-order valence-electron chi connectivity index (χ1n) is 5.72. The molecule has 0 aliphatic heterocycles. The first kappa shape index (κ1) is 14.1. The number of Topliss-reactive ketones (excluding diaryl/α,β-unsaturated/α-hetero) is 1. The minimum Gasteiger partial charge on any atom is -0.465 e. The Labute approximate surface area is 92.2 Å². The molecular formula is C12H22O3. The van der Waals surface area contributed by atoms with E-state index in [0.29, 0.717) is 6.42 Å². The average molecular weight is 214 g/mol. The Morgan fingerprint density at radius 2 is 1.60 bits per heavy atom. The van der Waals surface area contributed by atoms with E-state index in [1.165, 1.54) is 0 Å². The SMILES string of the molecule is CCC(C)C(=O)CCOC(=O)C(C)CC. The Balaban J connectivity index is 3.70. The van der Waals surface area contributed by atoms with Crippen molar-refractivity contribution in [1.29, 1.82) is 0 Å². The maximum Gasteiger partial charge on any atom is 0.308 e. The van der Waals surface area contributed by atoms with E-state index in [0.717, 1.165) is 12.8 Å². The van der Waals surface area contributed by atoms with Crippen molar-refractivity contribution in [2.75, 3.05) is 6.61 Å². The molecule has 0 fully saturated rings. The molecule has 0 saturated carbocycles. The van der Waals surface area contributed by atoms with Gasteiger partial charge in [-0.25, -0.2) is 0 Å². The lowest BCUT2D eigenvalue weighted by molar-refractivity contribution is -0.148. The van der Waals surface area contributed by atoms with Crippen molar-refractivity contribution in [3.05, 3.63) is 0 Å². The van der Waals surface area contributed by atoms with Gasteiger partial charge in [0.25, 0.3) is 0 Å². The standard InChI is InChI=1S/C12H22O3/c1-5-9(3)11(13)7-8-15-12(14)10(4)6-2/h9-10H,5-8H2,1-4H3. The topological polar surface area (TPSA) is 43.4 Å². The Bertz CT molecular complexity index is 189. The van der Waals surface area contributed by atoms with Crippen LogP contribution in [0.15, 0.2) is 0 Å². The molecule has 0 spiro atoms. The van der Waals surface area contributed by atoms with Crippen molar-refractivity contribution in [3.8, 4) is 0 Å². The normalized spacial score (nSPS) is 14.4. The summed E-state index contributed by atoms with van der Waals surface area (Å²) in [6, 6.07) is 0. The molecule has 0 amide bonds. The number of rotatable bonds is 7. The highest BCUT2D eigenvalue weighted by atomic mass is 16.5. The molecule has 0 aliphatic rings. The van der Waals surface area contributed by atoms with Gasteiger partial charge < -0.3 is 4.74 Å². The molecule has 3 heteroatoms. The van der Waals surface area contributed by atoms with Crippen LogP contribution in [0.25, 0.3) is 0 Å². The number of carbonyl (C=O) groups excluding carboxylic acids is 2. The second-order valence-electron chi connectivity index (χ2n) is 4.00. The molecule has 2 unspecified atom stereocenters. The van der Waals surface area contributed by atoms with Crippen LogP contribution in [0.1, 0.15) is 47.0 Å². The molecule has 0 N–H and O–H groups in total. The summed E-state index contributed by atoms with van der Waals surface area (Å²) in [6.07, 6.45) is 1.97. The number of ketones is 1. The summed E-state index contributed by atoms with van der Waals surface area (Å²) < 4.78 is 5.00. The van der Waals surface area contributed by atoms with E-state index in [4.69, 9.17) is 4.74 Å². The van der Waals surface area contributed by atoms with E-state index in [1.807, 2.05) is 27.7 Å². The lowest BCUT2D eigenvalue weighted by atomic mass is 10.0. The minimum absolute atomic E-state index is 0.0660. The van der Waals surface area contributed by atoms with Gasteiger partial charge in [-0.2, -0.15) is 0 Å². The van der Waals surface area contributed by atoms with Gasteiger partial charge in [-0.05, 0) is 12.8 Å². The molecule has 2 atom stereocenters. The molecule has 15 heavy (non-hydrogen) atoms. The van der Waals surface area contributed by atoms with E-state index in [9.17, 15) is 9.59 Å². The molecular weight excluding hydrogens is 192 g/mol. The van der Waals surface area contributed by atoms with Gasteiger partial charge in [-0.15, -0.1) is 0 Å². The maximum absolute atomic E-state index is 11.4. The maximum atomic E-state index is 11.4. The monoisotopic (exact) mass is 214 g/mol.